The maximum absolute atomic E-state index is 10.7. The zero-order valence-electron chi connectivity index (χ0n) is 9.40. The lowest BCUT2D eigenvalue weighted by molar-refractivity contribution is -0.952. The van der Waals surface area contributed by atoms with Gasteiger partial charge in [0.15, 0.2) is 16.8 Å². The first-order valence-corrected chi connectivity index (χ1v) is 5.87. The zero-order valence-corrected chi connectivity index (χ0v) is 9.40. The van der Waals surface area contributed by atoms with Gasteiger partial charge in [0.1, 0.15) is 0 Å². The minimum Gasteiger partial charge on any atom is -0.304 e. The number of hydrogen-bond donors (Lipinski definition) is 0. The summed E-state index contributed by atoms with van der Waals surface area (Å²) in [6.45, 7) is 0. The van der Waals surface area contributed by atoms with Gasteiger partial charge in [-0.25, -0.2) is 0 Å². The fraction of sp³-hybridized carbons (Fsp3) is 1.00. The molecule has 12 nitrogen and oxygen atoms in total. The van der Waals surface area contributed by atoms with Gasteiger partial charge < -0.3 is 14.5 Å². The van der Waals surface area contributed by atoms with Crippen molar-refractivity contribution in [3.05, 3.63) is 30.3 Å². The second-order valence-electron chi connectivity index (χ2n) is 5.90. The van der Waals surface area contributed by atoms with Crippen LogP contribution in [0.25, 0.3) is 0 Å². The van der Waals surface area contributed by atoms with Crippen molar-refractivity contribution in [1.82, 2.24) is 0 Å². The highest BCUT2D eigenvalue weighted by atomic mass is 17.0. The number of nitrogens with zero attached hydrogens (tertiary/aromatic N) is 3. The summed E-state index contributed by atoms with van der Waals surface area (Å²) in [6, 6.07) is 0. The van der Waals surface area contributed by atoms with Gasteiger partial charge in [-0.2, -0.15) is 0 Å². The Morgan fingerprint density at radius 3 is 1.60 bits per heavy atom. The maximum atomic E-state index is 10.7. The standard InChI is InChI=1S/C8H5N3O9/c12-9(13)18-6-2-1-3-4(2)8(6,20-11(16)17)7(3,5(1)6)19-10(14)15/h1-5H. The predicted octanol–water partition coefficient (Wildman–Crippen LogP) is -1.02. The molecule has 0 bridgehead atoms. The fourth-order valence-electron chi connectivity index (χ4n) is 6.33. The van der Waals surface area contributed by atoms with Gasteiger partial charge in [0.05, 0.1) is 0 Å². The zero-order chi connectivity index (χ0) is 14.2. The van der Waals surface area contributed by atoms with E-state index in [0.29, 0.717) is 0 Å². The molecular weight excluding hydrogens is 282 g/mol. The van der Waals surface area contributed by atoms with Gasteiger partial charge in [0, 0.05) is 23.7 Å². The van der Waals surface area contributed by atoms with Crippen molar-refractivity contribution in [1.29, 1.82) is 0 Å². The van der Waals surface area contributed by atoms with Crippen molar-refractivity contribution in [2.24, 2.45) is 29.6 Å². The van der Waals surface area contributed by atoms with E-state index in [4.69, 9.17) is 0 Å². The summed E-state index contributed by atoms with van der Waals surface area (Å²) in [5.41, 5.74) is -4.54. The lowest BCUT2D eigenvalue weighted by Crippen LogP contribution is -3.24. The summed E-state index contributed by atoms with van der Waals surface area (Å²) in [4.78, 5) is 45.8. The van der Waals surface area contributed by atoms with Gasteiger partial charge in [-0.3, -0.25) is 0 Å². The van der Waals surface area contributed by atoms with Crippen LogP contribution < -0.4 is 0 Å². The quantitative estimate of drug-likeness (QED) is 0.440. The third-order valence-electron chi connectivity index (χ3n) is 6.20. The second-order valence-corrected chi connectivity index (χ2v) is 5.90. The van der Waals surface area contributed by atoms with Crippen molar-refractivity contribution >= 4 is 0 Å². The van der Waals surface area contributed by atoms with E-state index in [1.807, 2.05) is 0 Å². The van der Waals surface area contributed by atoms with E-state index in [9.17, 15) is 30.3 Å². The molecular formula is C8H5N3O9. The van der Waals surface area contributed by atoms with Crippen LogP contribution in [0.2, 0.25) is 0 Å². The van der Waals surface area contributed by atoms with Crippen LogP contribution in [0.3, 0.4) is 0 Å². The van der Waals surface area contributed by atoms with E-state index in [0.717, 1.165) is 0 Å². The normalized spacial score (nSPS) is 60.3. The van der Waals surface area contributed by atoms with Crippen LogP contribution in [0.1, 0.15) is 0 Å². The van der Waals surface area contributed by atoms with Crippen molar-refractivity contribution in [2.75, 3.05) is 0 Å². The van der Waals surface area contributed by atoms with Crippen LogP contribution in [-0.2, 0) is 14.5 Å². The first-order valence-electron chi connectivity index (χ1n) is 5.87. The molecule has 0 heterocycles. The second kappa shape index (κ2) is 2.23. The molecule has 4 unspecified atom stereocenters. The smallest absolute Gasteiger partial charge is 0.295 e. The lowest BCUT2D eigenvalue weighted by atomic mass is 8.96. The molecule has 6 fully saturated rings. The Balaban J connectivity index is 1.58. The molecule has 106 valence electrons. The first kappa shape index (κ1) is 10.4. The number of rotatable bonds is 6. The molecule has 0 spiro atoms. The van der Waals surface area contributed by atoms with Crippen molar-refractivity contribution < 1.29 is 29.8 Å². The van der Waals surface area contributed by atoms with E-state index in [2.05, 4.69) is 14.5 Å². The van der Waals surface area contributed by atoms with E-state index in [1.54, 1.807) is 0 Å². The van der Waals surface area contributed by atoms with Crippen LogP contribution in [0.15, 0.2) is 0 Å². The predicted molar refractivity (Wildman–Crippen MR) is 49.9 cm³/mol. The van der Waals surface area contributed by atoms with Gasteiger partial charge in [-0.05, 0) is 5.92 Å². The topological polar surface area (TPSA) is 157 Å². The SMILES string of the molecule is O=[N+]([O-])OC12C3C4C5C3C1(O[N+](=O)[O-])C5(O[N+](=O)[O-])C42. The van der Waals surface area contributed by atoms with Crippen LogP contribution in [0, 0.1) is 59.9 Å². The largest absolute Gasteiger partial charge is 0.304 e. The van der Waals surface area contributed by atoms with Crippen LogP contribution in [-0.4, -0.2) is 32.1 Å². The summed E-state index contributed by atoms with van der Waals surface area (Å²) < 4.78 is 0. The molecule has 6 aliphatic rings. The minimum absolute atomic E-state index is 0.0668. The summed E-state index contributed by atoms with van der Waals surface area (Å²) in [5.74, 6) is -1.18. The van der Waals surface area contributed by atoms with E-state index < -0.39 is 38.0 Å². The molecule has 0 saturated heterocycles. The summed E-state index contributed by atoms with van der Waals surface area (Å²) in [7, 11) is 0. The van der Waals surface area contributed by atoms with Crippen LogP contribution in [0.5, 0.6) is 0 Å². The monoisotopic (exact) mass is 287 g/mol. The third kappa shape index (κ3) is 0.512. The molecule has 12 heteroatoms. The Kier molecular flexibility index (Phi) is 1.16. The van der Waals surface area contributed by atoms with Gasteiger partial charge in [-0.15, -0.1) is 30.3 Å². The summed E-state index contributed by atoms with van der Waals surface area (Å²) in [6.07, 6.45) is 0. The molecule has 0 aromatic carbocycles. The Hall–Kier alpha value is -2.40. The highest BCUT2D eigenvalue weighted by Crippen LogP contribution is 3.07. The Labute approximate surface area is 107 Å². The van der Waals surface area contributed by atoms with Crippen LogP contribution in [0.4, 0.5) is 0 Å². The Morgan fingerprint density at radius 1 is 0.750 bits per heavy atom. The van der Waals surface area contributed by atoms with Crippen molar-refractivity contribution in [3.63, 3.8) is 0 Å². The van der Waals surface area contributed by atoms with Crippen molar-refractivity contribution in [3.8, 4) is 0 Å². The van der Waals surface area contributed by atoms with Crippen molar-refractivity contribution in [2.45, 2.75) is 16.8 Å². The van der Waals surface area contributed by atoms with Crippen LogP contribution >= 0.6 is 0 Å². The molecule has 0 aromatic rings. The van der Waals surface area contributed by atoms with Gasteiger partial charge in [0.2, 0.25) is 0 Å². The average molecular weight is 287 g/mol. The fourth-order valence-corrected chi connectivity index (χ4v) is 6.33. The van der Waals surface area contributed by atoms with E-state index in [1.165, 1.54) is 0 Å². The molecule has 20 heavy (non-hydrogen) atoms. The average Bonchev–Trinajstić information content (AvgIpc) is 2.27. The Morgan fingerprint density at radius 2 is 1.20 bits per heavy atom. The van der Waals surface area contributed by atoms with E-state index >= 15 is 0 Å². The minimum atomic E-state index is -1.68. The molecule has 0 aromatic heterocycles. The third-order valence-corrected chi connectivity index (χ3v) is 6.20. The molecule has 0 radical (unpaired) electrons. The molecule has 4 atom stereocenters. The molecule has 6 aliphatic carbocycles. The number of hydrogen-bond acceptors (Lipinski definition) is 9. The highest BCUT2D eigenvalue weighted by molar-refractivity contribution is 5.67. The van der Waals surface area contributed by atoms with Gasteiger partial charge >= 0.3 is 0 Å². The molecule has 6 saturated carbocycles. The van der Waals surface area contributed by atoms with E-state index in [-0.39, 0.29) is 23.7 Å². The molecule has 6 rings (SSSR count). The molecule has 0 amide bonds. The Bertz CT molecular complexity index is 597. The lowest BCUT2D eigenvalue weighted by Gasteiger charge is -3.09. The maximum Gasteiger partial charge on any atom is 0.295 e. The van der Waals surface area contributed by atoms with Gasteiger partial charge in [0.25, 0.3) is 15.3 Å². The molecule has 0 N–H and O–H groups in total. The highest BCUT2D eigenvalue weighted by Gasteiger charge is 3.22. The summed E-state index contributed by atoms with van der Waals surface area (Å²) >= 11 is 0. The first-order chi connectivity index (χ1) is 9.36. The summed E-state index contributed by atoms with van der Waals surface area (Å²) in [5, 5.41) is 28.8. The van der Waals surface area contributed by atoms with Gasteiger partial charge in [-0.1, -0.05) is 0 Å². The molecule has 0 aliphatic heterocycles.